The number of hydrogen-bond donors (Lipinski definition) is 2. The Kier molecular flexibility index (Phi) is 7.63. The van der Waals surface area contributed by atoms with Crippen LogP contribution < -0.4 is 5.46 Å². The van der Waals surface area contributed by atoms with Crippen molar-refractivity contribution >= 4 is 41.5 Å². The first-order valence-electron chi connectivity index (χ1n) is 6.60. The zero-order valence-electron chi connectivity index (χ0n) is 12.0. The quantitative estimate of drug-likeness (QED) is 0.477. The molecule has 0 spiro atoms. The Morgan fingerprint density at radius 1 is 1.00 bits per heavy atom. The Morgan fingerprint density at radius 2 is 1.52 bits per heavy atom. The van der Waals surface area contributed by atoms with Crippen LogP contribution in [0.4, 0.5) is 0 Å². The van der Waals surface area contributed by atoms with Crippen LogP contribution in [0.15, 0.2) is 48.5 Å². The van der Waals surface area contributed by atoms with Crippen molar-refractivity contribution in [3.63, 3.8) is 0 Å². The van der Waals surface area contributed by atoms with Gasteiger partial charge in [0.05, 0.1) is 0 Å². The maximum atomic E-state index is 10.2. The van der Waals surface area contributed by atoms with E-state index in [0.717, 1.165) is 0 Å². The molecule has 0 heterocycles. The monoisotopic (exact) mass is 396 g/mol. The van der Waals surface area contributed by atoms with Gasteiger partial charge in [-0.1, -0.05) is 50.2 Å². The van der Waals surface area contributed by atoms with Gasteiger partial charge in [0.2, 0.25) is 0 Å². The van der Waals surface area contributed by atoms with Crippen LogP contribution >= 0.6 is 22.6 Å². The zero-order valence-corrected chi connectivity index (χ0v) is 14.2. The van der Waals surface area contributed by atoms with Gasteiger partial charge in [-0.3, -0.25) is 4.79 Å². The topological polar surface area (TPSA) is 57.5 Å². The summed E-state index contributed by atoms with van der Waals surface area (Å²) in [5.41, 5.74) is 2.32. The molecule has 2 rings (SSSR count). The number of carbonyl (C=O) groups excluding carboxylic acids is 1. The number of rotatable bonds is 3. The molecule has 0 saturated carbocycles. The Bertz CT molecular complexity index is 551. The highest BCUT2D eigenvalue weighted by atomic mass is 127. The van der Waals surface area contributed by atoms with Gasteiger partial charge in [0.1, 0.15) is 6.29 Å². The van der Waals surface area contributed by atoms with E-state index in [1.54, 1.807) is 0 Å². The first-order valence-corrected chi connectivity index (χ1v) is 7.68. The van der Waals surface area contributed by atoms with Crippen LogP contribution in [0.3, 0.4) is 0 Å². The second-order valence-electron chi connectivity index (χ2n) is 4.86. The Labute approximate surface area is 139 Å². The van der Waals surface area contributed by atoms with Gasteiger partial charge in [0.15, 0.2) is 0 Å². The highest BCUT2D eigenvalue weighted by molar-refractivity contribution is 14.1. The summed E-state index contributed by atoms with van der Waals surface area (Å²) in [6.45, 7) is 4.42. The number of hydrogen-bond acceptors (Lipinski definition) is 3. The number of carbonyl (C=O) groups is 1. The van der Waals surface area contributed by atoms with E-state index in [0.29, 0.717) is 23.2 Å². The van der Waals surface area contributed by atoms with E-state index < -0.39 is 7.12 Å². The minimum absolute atomic E-state index is 0.385. The average Bonchev–Trinajstić information content (AvgIpc) is 2.48. The maximum Gasteiger partial charge on any atom is 0.488 e. The van der Waals surface area contributed by atoms with E-state index in [-0.39, 0.29) is 0 Å². The molecular formula is C16H18BIO3. The molecule has 0 aliphatic rings. The van der Waals surface area contributed by atoms with E-state index >= 15 is 0 Å². The van der Waals surface area contributed by atoms with Crippen molar-refractivity contribution < 1.29 is 14.8 Å². The fourth-order valence-corrected chi connectivity index (χ4v) is 1.95. The summed E-state index contributed by atoms with van der Waals surface area (Å²) in [7, 11) is -1.46. The van der Waals surface area contributed by atoms with Crippen molar-refractivity contribution in [2.24, 2.45) is 0 Å². The van der Waals surface area contributed by atoms with Gasteiger partial charge in [0.25, 0.3) is 0 Å². The lowest BCUT2D eigenvalue weighted by Gasteiger charge is -2.03. The van der Waals surface area contributed by atoms with Crippen molar-refractivity contribution in [1.29, 1.82) is 0 Å². The summed E-state index contributed by atoms with van der Waals surface area (Å²) in [4.78, 5) is 10.2. The minimum atomic E-state index is -1.46. The fraction of sp³-hybridized carbons (Fsp3) is 0.188. The molecule has 3 nitrogen and oxygen atoms in total. The minimum Gasteiger partial charge on any atom is -0.423 e. The summed E-state index contributed by atoms with van der Waals surface area (Å²) in [5, 5.41) is 17.3. The molecule has 0 radical (unpaired) electrons. The van der Waals surface area contributed by atoms with Crippen molar-refractivity contribution in [2.75, 3.05) is 0 Å². The van der Waals surface area contributed by atoms with E-state index in [1.807, 2.05) is 0 Å². The molecule has 0 amide bonds. The van der Waals surface area contributed by atoms with E-state index in [4.69, 9.17) is 10.0 Å². The molecule has 0 bridgehead atoms. The predicted octanol–water partition coefficient (Wildman–Crippen LogP) is 2.59. The van der Waals surface area contributed by atoms with Crippen LogP contribution in [0, 0.1) is 3.57 Å². The summed E-state index contributed by atoms with van der Waals surface area (Å²) in [6.07, 6.45) is 0.702. The molecule has 0 atom stereocenters. The predicted molar refractivity (Wildman–Crippen MR) is 94.9 cm³/mol. The molecule has 0 aliphatic carbocycles. The van der Waals surface area contributed by atoms with Crippen LogP contribution in [0.2, 0.25) is 0 Å². The lowest BCUT2D eigenvalue weighted by molar-refractivity contribution is 0.112. The number of aldehydes is 1. The smallest absolute Gasteiger partial charge is 0.423 e. The van der Waals surface area contributed by atoms with Crippen molar-refractivity contribution in [3.05, 3.63) is 63.2 Å². The van der Waals surface area contributed by atoms with Gasteiger partial charge in [-0.05, 0) is 51.7 Å². The van der Waals surface area contributed by atoms with Crippen LogP contribution in [0.5, 0.6) is 0 Å². The Morgan fingerprint density at radius 3 is 1.90 bits per heavy atom. The standard InChI is InChI=1S/C9H11I.C7H7BO3/c1-7(2)8-3-5-9(10)6-4-8;9-5-6-1-3-7(4-2-6)8(10)11/h3-7H,1-2H3;1-5,10-11H. The SMILES string of the molecule is CC(C)c1ccc(I)cc1.O=Cc1ccc(B(O)O)cc1. The molecule has 0 saturated heterocycles. The van der Waals surface area contributed by atoms with Crippen molar-refractivity contribution in [2.45, 2.75) is 19.8 Å². The molecule has 0 aliphatic heterocycles. The zero-order chi connectivity index (χ0) is 15.8. The van der Waals surface area contributed by atoms with Gasteiger partial charge < -0.3 is 10.0 Å². The number of benzene rings is 2. The molecule has 2 aromatic rings. The summed E-state index contributed by atoms with van der Waals surface area (Å²) in [6, 6.07) is 14.7. The summed E-state index contributed by atoms with van der Waals surface area (Å²) in [5.74, 6) is 0.650. The van der Waals surface area contributed by atoms with E-state index in [1.165, 1.54) is 33.4 Å². The molecule has 110 valence electrons. The normalized spacial score (nSPS) is 9.81. The second-order valence-corrected chi connectivity index (χ2v) is 6.11. The summed E-state index contributed by atoms with van der Waals surface area (Å²) < 4.78 is 1.31. The second kappa shape index (κ2) is 8.97. The Hall–Kier alpha value is -1.18. The number of halogens is 1. The summed E-state index contributed by atoms with van der Waals surface area (Å²) >= 11 is 2.32. The molecule has 0 unspecified atom stereocenters. The lowest BCUT2D eigenvalue weighted by atomic mass is 9.80. The molecular weight excluding hydrogens is 378 g/mol. The molecule has 2 N–H and O–H groups in total. The van der Waals surface area contributed by atoms with Crippen LogP contribution in [-0.4, -0.2) is 23.5 Å². The lowest BCUT2D eigenvalue weighted by Crippen LogP contribution is -2.29. The van der Waals surface area contributed by atoms with Crippen molar-refractivity contribution in [3.8, 4) is 0 Å². The van der Waals surface area contributed by atoms with E-state index in [9.17, 15) is 4.79 Å². The highest BCUT2D eigenvalue weighted by Gasteiger charge is 2.08. The average molecular weight is 396 g/mol. The molecule has 5 heteroatoms. The van der Waals surface area contributed by atoms with Crippen LogP contribution in [0.1, 0.15) is 35.7 Å². The van der Waals surface area contributed by atoms with Crippen LogP contribution in [-0.2, 0) is 0 Å². The fourth-order valence-electron chi connectivity index (χ4n) is 1.59. The van der Waals surface area contributed by atoms with Crippen LogP contribution in [0.25, 0.3) is 0 Å². The maximum absolute atomic E-state index is 10.2. The van der Waals surface area contributed by atoms with E-state index in [2.05, 4.69) is 60.7 Å². The molecule has 0 aromatic heterocycles. The van der Waals surface area contributed by atoms with Gasteiger partial charge in [-0.15, -0.1) is 0 Å². The van der Waals surface area contributed by atoms with Gasteiger partial charge in [-0.25, -0.2) is 0 Å². The third-order valence-electron chi connectivity index (χ3n) is 2.91. The first-order chi connectivity index (χ1) is 9.93. The molecule has 0 fully saturated rings. The van der Waals surface area contributed by atoms with Gasteiger partial charge in [-0.2, -0.15) is 0 Å². The van der Waals surface area contributed by atoms with Gasteiger partial charge in [0, 0.05) is 9.13 Å². The third kappa shape index (κ3) is 6.41. The largest absolute Gasteiger partial charge is 0.488 e. The Balaban J connectivity index is 0.000000211. The van der Waals surface area contributed by atoms with Gasteiger partial charge >= 0.3 is 7.12 Å². The third-order valence-corrected chi connectivity index (χ3v) is 3.63. The molecule has 21 heavy (non-hydrogen) atoms. The first kappa shape index (κ1) is 17.9. The highest BCUT2D eigenvalue weighted by Crippen LogP contribution is 2.15. The molecule has 2 aromatic carbocycles. The van der Waals surface area contributed by atoms with Crippen molar-refractivity contribution in [1.82, 2.24) is 0 Å².